The normalized spacial score (nSPS) is 10.5. The number of hydrogen-bond donors (Lipinski definition) is 1. The van der Waals surface area contributed by atoms with Gasteiger partial charge in [0.2, 0.25) is 0 Å². The van der Waals surface area contributed by atoms with Crippen LogP contribution in [0.1, 0.15) is 23.6 Å². The molecule has 0 aliphatic rings. The monoisotopic (exact) mass is 425 g/mol. The Morgan fingerprint density at radius 2 is 1.67 bits per heavy atom. The van der Waals surface area contributed by atoms with Crippen LogP contribution in [0.4, 0.5) is 5.69 Å². The topological polar surface area (TPSA) is 30.5 Å². The van der Waals surface area contributed by atoms with Crippen LogP contribution in [0.3, 0.4) is 0 Å². The lowest BCUT2D eigenvalue weighted by molar-refractivity contribution is 0.269. The molecule has 0 amide bonds. The van der Waals surface area contributed by atoms with Gasteiger partial charge < -0.3 is 14.8 Å². The molecule has 27 heavy (non-hydrogen) atoms. The maximum absolute atomic E-state index is 5.98. The first-order valence-electron chi connectivity index (χ1n) is 9.08. The fraction of sp³-hybridized carbons (Fsp3) is 0.217. The molecular weight excluding hydrogens is 402 g/mol. The molecule has 0 atom stereocenters. The third-order valence-electron chi connectivity index (χ3n) is 4.22. The fourth-order valence-electron chi connectivity index (χ4n) is 2.81. The Bertz CT molecular complexity index is 881. The summed E-state index contributed by atoms with van der Waals surface area (Å²) >= 11 is 3.50. The van der Waals surface area contributed by atoms with Crippen molar-refractivity contribution < 1.29 is 9.47 Å². The van der Waals surface area contributed by atoms with Gasteiger partial charge in [0, 0.05) is 16.7 Å². The molecule has 0 bridgehead atoms. The van der Waals surface area contributed by atoms with E-state index < -0.39 is 0 Å². The van der Waals surface area contributed by atoms with Crippen LogP contribution >= 0.6 is 15.9 Å². The van der Waals surface area contributed by atoms with E-state index in [0.717, 1.165) is 39.3 Å². The minimum Gasteiger partial charge on any atom is -0.490 e. The molecule has 0 radical (unpaired) electrons. The maximum atomic E-state index is 5.98. The fourth-order valence-corrected chi connectivity index (χ4v) is 3.28. The van der Waals surface area contributed by atoms with Crippen LogP contribution in [0.15, 0.2) is 71.2 Å². The SMILES string of the molecule is CCOc1cc(CNc2ccc(Br)cc2C)ccc1OCc1ccccc1. The van der Waals surface area contributed by atoms with Crippen LogP contribution < -0.4 is 14.8 Å². The molecule has 140 valence electrons. The second-order valence-corrected chi connectivity index (χ2v) is 7.22. The van der Waals surface area contributed by atoms with Crippen LogP contribution in [-0.2, 0) is 13.2 Å². The lowest BCUT2D eigenvalue weighted by atomic mass is 10.1. The van der Waals surface area contributed by atoms with Gasteiger partial charge in [-0.15, -0.1) is 0 Å². The van der Waals surface area contributed by atoms with E-state index in [4.69, 9.17) is 9.47 Å². The summed E-state index contributed by atoms with van der Waals surface area (Å²) in [4.78, 5) is 0. The highest BCUT2D eigenvalue weighted by atomic mass is 79.9. The molecule has 0 heterocycles. The predicted octanol–water partition coefficient (Wildman–Crippen LogP) is 6.35. The van der Waals surface area contributed by atoms with Crippen molar-refractivity contribution >= 4 is 21.6 Å². The number of halogens is 1. The minimum absolute atomic E-state index is 0.524. The molecule has 0 fully saturated rings. The van der Waals surface area contributed by atoms with E-state index in [1.807, 2.05) is 43.3 Å². The summed E-state index contributed by atoms with van der Waals surface area (Å²) in [5, 5.41) is 3.49. The van der Waals surface area contributed by atoms with Gasteiger partial charge in [-0.1, -0.05) is 52.3 Å². The highest BCUT2D eigenvalue weighted by Crippen LogP contribution is 2.30. The summed E-state index contributed by atoms with van der Waals surface area (Å²) in [6.07, 6.45) is 0. The van der Waals surface area contributed by atoms with Crippen molar-refractivity contribution in [1.82, 2.24) is 0 Å². The zero-order valence-corrected chi connectivity index (χ0v) is 17.3. The Hall–Kier alpha value is -2.46. The molecule has 0 aliphatic carbocycles. The second-order valence-electron chi connectivity index (χ2n) is 6.30. The third-order valence-corrected chi connectivity index (χ3v) is 4.71. The minimum atomic E-state index is 0.524. The molecule has 1 N–H and O–H groups in total. The summed E-state index contributed by atoms with van der Waals surface area (Å²) in [6.45, 7) is 5.93. The van der Waals surface area contributed by atoms with Crippen molar-refractivity contribution in [2.24, 2.45) is 0 Å². The smallest absolute Gasteiger partial charge is 0.161 e. The van der Waals surface area contributed by atoms with Crippen molar-refractivity contribution in [1.29, 1.82) is 0 Å². The number of anilines is 1. The highest BCUT2D eigenvalue weighted by Gasteiger charge is 2.08. The van der Waals surface area contributed by atoms with Gasteiger partial charge >= 0.3 is 0 Å². The zero-order chi connectivity index (χ0) is 19.1. The largest absolute Gasteiger partial charge is 0.490 e. The van der Waals surface area contributed by atoms with E-state index in [2.05, 4.69) is 58.5 Å². The van der Waals surface area contributed by atoms with Gasteiger partial charge in [0.25, 0.3) is 0 Å². The molecule has 3 rings (SSSR count). The summed E-state index contributed by atoms with van der Waals surface area (Å²) in [5.74, 6) is 1.55. The molecule has 3 aromatic rings. The van der Waals surface area contributed by atoms with Gasteiger partial charge in [-0.25, -0.2) is 0 Å². The van der Waals surface area contributed by atoms with Crippen LogP contribution in [0.5, 0.6) is 11.5 Å². The average Bonchev–Trinajstić information content (AvgIpc) is 2.68. The van der Waals surface area contributed by atoms with Crippen LogP contribution in [0.25, 0.3) is 0 Å². The zero-order valence-electron chi connectivity index (χ0n) is 15.7. The molecule has 0 unspecified atom stereocenters. The van der Waals surface area contributed by atoms with Gasteiger partial charge in [-0.3, -0.25) is 0 Å². The molecule has 0 aliphatic heterocycles. The van der Waals surface area contributed by atoms with Gasteiger partial charge in [-0.2, -0.15) is 0 Å². The molecule has 0 spiro atoms. The van der Waals surface area contributed by atoms with E-state index in [1.165, 1.54) is 5.56 Å². The van der Waals surface area contributed by atoms with Crippen molar-refractivity contribution in [3.8, 4) is 11.5 Å². The Morgan fingerprint density at radius 3 is 2.41 bits per heavy atom. The van der Waals surface area contributed by atoms with Crippen molar-refractivity contribution in [2.75, 3.05) is 11.9 Å². The summed E-state index contributed by atoms with van der Waals surface area (Å²) in [7, 11) is 0. The van der Waals surface area contributed by atoms with Crippen molar-refractivity contribution in [3.63, 3.8) is 0 Å². The van der Waals surface area contributed by atoms with Gasteiger partial charge in [0.1, 0.15) is 6.61 Å². The third kappa shape index (κ3) is 5.51. The molecule has 0 saturated carbocycles. The Balaban J connectivity index is 1.68. The van der Waals surface area contributed by atoms with Gasteiger partial charge in [-0.05, 0) is 60.9 Å². The Labute approximate surface area is 169 Å². The van der Waals surface area contributed by atoms with Crippen LogP contribution in [-0.4, -0.2) is 6.61 Å². The van der Waals surface area contributed by atoms with Crippen molar-refractivity contribution in [3.05, 3.63) is 87.9 Å². The number of ether oxygens (including phenoxy) is 2. The molecule has 3 nitrogen and oxygen atoms in total. The molecule has 0 saturated heterocycles. The lowest BCUT2D eigenvalue weighted by Crippen LogP contribution is -2.03. The maximum Gasteiger partial charge on any atom is 0.161 e. The van der Waals surface area contributed by atoms with Gasteiger partial charge in [0.15, 0.2) is 11.5 Å². The Kier molecular flexibility index (Phi) is 6.77. The second kappa shape index (κ2) is 9.47. The first kappa shape index (κ1) is 19.3. The van der Waals surface area contributed by atoms with E-state index in [-0.39, 0.29) is 0 Å². The number of rotatable bonds is 8. The van der Waals surface area contributed by atoms with E-state index in [9.17, 15) is 0 Å². The standard InChI is InChI=1S/C23H24BrNO2/c1-3-26-23-14-19(15-25-21-11-10-20(24)13-17(21)2)9-12-22(23)27-16-18-7-5-4-6-8-18/h4-14,25H,3,15-16H2,1-2H3. The summed E-state index contributed by atoms with van der Waals surface area (Å²) < 4.78 is 12.9. The van der Waals surface area contributed by atoms with Gasteiger partial charge in [0.05, 0.1) is 6.61 Å². The Morgan fingerprint density at radius 1 is 0.852 bits per heavy atom. The molecule has 3 aromatic carbocycles. The number of nitrogens with one attached hydrogen (secondary N) is 1. The number of aryl methyl sites for hydroxylation is 1. The molecular formula is C23H24BrNO2. The van der Waals surface area contributed by atoms with E-state index in [0.29, 0.717) is 13.2 Å². The van der Waals surface area contributed by atoms with Crippen LogP contribution in [0.2, 0.25) is 0 Å². The van der Waals surface area contributed by atoms with Crippen LogP contribution in [0, 0.1) is 6.92 Å². The first-order chi connectivity index (χ1) is 13.2. The lowest BCUT2D eigenvalue weighted by Gasteiger charge is -2.15. The number of benzene rings is 3. The highest BCUT2D eigenvalue weighted by molar-refractivity contribution is 9.10. The quantitative estimate of drug-likeness (QED) is 0.456. The molecule has 0 aromatic heterocycles. The average molecular weight is 426 g/mol. The van der Waals surface area contributed by atoms with E-state index >= 15 is 0 Å². The van der Waals surface area contributed by atoms with Crippen molar-refractivity contribution in [2.45, 2.75) is 27.0 Å². The first-order valence-corrected chi connectivity index (χ1v) is 9.87. The number of hydrogen-bond acceptors (Lipinski definition) is 3. The summed E-state index contributed by atoms with van der Waals surface area (Å²) in [5.41, 5.74) is 4.61. The van der Waals surface area contributed by atoms with E-state index in [1.54, 1.807) is 0 Å². The predicted molar refractivity (Wildman–Crippen MR) is 115 cm³/mol. The summed E-state index contributed by atoms with van der Waals surface area (Å²) in [6, 6.07) is 22.5. The molecule has 4 heteroatoms.